The van der Waals surface area contributed by atoms with Crippen molar-refractivity contribution in [2.75, 3.05) is 6.61 Å². The van der Waals surface area contributed by atoms with Gasteiger partial charge in [-0.2, -0.15) is 0 Å². The highest BCUT2D eigenvalue weighted by Gasteiger charge is 2.48. The first kappa shape index (κ1) is 27.1. The van der Waals surface area contributed by atoms with Crippen molar-refractivity contribution < 1.29 is 27.8 Å². The molecule has 2 aromatic carbocycles. The lowest BCUT2D eigenvalue weighted by molar-refractivity contribution is -0.157. The molecule has 0 radical (unpaired) electrons. The first-order valence-electron chi connectivity index (χ1n) is 12.9. The Morgan fingerprint density at radius 3 is 2.31 bits per heavy atom. The fourth-order valence-corrected chi connectivity index (χ4v) is 5.20. The molecule has 1 fully saturated rings. The molecule has 0 aliphatic heterocycles. The van der Waals surface area contributed by atoms with Crippen LogP contribution in [0.1, 0.15) is 89.5 Å². The van der Waals surface area contributed by atoms with E-state index >= 15 is 13.2 Å². The van der Waals surface area contributed by atoms with Gasteiger partial charge >= 0.3 is 5.97 Å². The molecule has 1 aliphatic rings. The average molecular weight is 491 g/mol. The number of ether oxygens (including phenoxy) is 1. The third-order valence-electron chi connectivity index (χ3n) is 7.38. The third kappa shape index (κ3) is 6.39. The minimum absolute atomic E-state index is 0.0312. The van der Waals surface area contributed by atoms with Crippen LogP contribution >= 0.6 is 0 Å². The molecule has 3 rings (SSSR count). The van der Waals surface area contributed by atoms with E-state index in [2.05, 4.69) is 6.92 Å². The molecule has 1 N–H and O–H groups in total. The van der Waals surface area contributed by atoms with Crippen LogP contribution in [-0.2, 0) is 4.79 Å². The van der Waals surface area contributed by atoms with E-state index in [1.54, 1.807) is 31.2 Å². The highest BCUT2D eigenvalue weighted by atomic mass is 19.2. The van der Waals surface area contributed by atoms with Gasteiger partial charge in [-0.05, 0) is 61.3 Å². The van der Waals surface area contributed by atoms with Gasteiger partial charge in [0, 0.05) is 11.5 Å². The molecular formula is C29H37F3O3. The zero-order valence-corrected chi connectivity index (χ0v) is 20.8. The van der Waals surface area contributed by atoms with E-state index in [0.29, 0.717) is 37.2 Å². The number of alkyl halides is 1. The van der Waals surface area contributed by atoms with Gasteiger partial charge in [-0.25, -0.2) is 18.0 Å². The summed E-state index contributed by atoms with van der Waals surface area (Å²) in [5, 5.41) is 9.74. The Morgan fingerprint density at radius 1 is 1.03 bits per heavy atom. The Morgan fingerprint density at radius 2 is 1.71 bits per heavy atom. The van der Waals surface area contributed by atoms with E-state index in [1.807, 2.05) is 0 Å². The maximum absolute atomic E-state index is 15.8. The summed E-state index contributed by atoms with van der Waals surface area (Å²) in [6.45, 7) is 4.47. The fourth-order valence-electron chi connectivity index (χ4n) is 5.20. The summed E-state index contributed by atoms with van der Waals surface area (Å²) in [5.41, 5.74) is -1.80. The summed E-state index contributed by atoms with van der Waals surface area (Å²) >= 11 is 0. The predicted molar refractivity (Wildman–Crippen MR) is 133 cm³/mol. The lowest BCUT2D eigenvalue weighted by Crippen LogP contribution is -2.44. The van der Waals surface area contributed by atoms with Crippen molar-refractivity contribution in [1.29, 1.82) is 0 Å². The zero-order chi connectivity index (χ0) is 25.4. The Hall–Kier alpha value is -2.50. The molecule has 35 heavy (non-hydrogen) atoms. The van der Waals surface area contributed by atoms with E-state index in [1.165, 1.54) is 12.1 Å². The topological polar surface area (TPSA) is 46.5 Å². The van der Waals surface area contributed by atoms with Gasteiger partial charge in [0.2, 0.25) is 5.67 Å². The summed E-state index contributed by atoms with van der Waals surface area (Å²) in [7, 11) is 0. The van der Waals surface area contributed by atoms with Crippen LogP contribution < -0.4 is 4.74 Å². The van der Waals surface area contributed by atoms with E-state index in [-0.39, 0.29) is 17.5 Å². The number of carboxylic acids is 1. The van der Waals surface area contributed by atoms with E-state index in [0.717, 1.165) is 38.5 Å². The van der Waals surface area contributed by atoms with Crippen LogP contribution in [0.5, 0.6) is 5.75 Å². The Balaban J connectivity index is 1.80. The van der Waals surface area contributed by atoms with Crippen LogP contribution in [-0.4, -0.2) is 23.4 Å². The van der Waals surface area contributed by atoms with Crippen LogP contribution in [0.15, 0.2) is 36.4 Å². The second-order valence-corrected chi connectivity index (χ2v) is 9.72. The molecule has 0 amide bonds. The molecule has 2 aromatic rings. The van der Waals surface area contributed by atoms with Crippen LogP contribution in [0.25, 0.3) is 11.1 Å². The molecule has 0 saturated heterocycles. The summed E-state index contributed by atoms with van der Waals surface area (Å²) in [4.78, 5) is 12.0. The Labute approximate surface area is 206 Å². The van der Waals surface area contributed by atoms with Crippen molar-refractivity contribution in [2.24, 2.45) is 5.92 Å². The van der Waals surface area contributed by atoms with E-state index < -0.39 is 35.1 Å². The largest absolute Gasteiger partial charge is 0.494 e. The quantitative estimate of drug-likeness (QED) is 0.304. The molecule has 2 atom stereocenters. The Bertz CT molecular complexity index is 970. The minimum atomic E-state index is -2.45. The molecule has 0 heterocycles. The fraction of sp³-hybridized carbons (Fsp3) is 0.552. The summed E-state index contributed by atoms with van der Waals surface area (Å²) in [5.74, 6) is -4.21. The number of unbranched alkanes of at least 4 members (excludes halogenated alkanes) is 2. The van der Waals surface area contributed by atoms with Crippen molar-refractivity contribution >= 4 is 5.97 Å². The molecule has 1 unspecified atom stereocenters. The van der Waals surface area contributed by atoms with Crippen molar-refractivity contribution in [3.05, 3.63) is 53.6 Å². The van der Waals surface area contributed by atoms with Gasteiger partial charge in [-0.15, -0.1) is 0 Å². The molecule has 6 heteroatoms. The number of hydrogen-bond acceptors (Lipinski definition) is 2. The van der Waals surface area contributed by atoms with Crippen molar-refractivity contribution in [1.82, 2.24) is 0 Å². The molecule has 0 spiro atoms. The van der Waals surface area contributed by atoms with E-state index in [4.69, 9.17) is 4.74 Å². The van der Waals surface area contributed by atoms with E-state index in [9.17, 15) is 9.90 Å². The normalized spacial score (nSPS) is 17.1. The number of carboxylic acid groups (broad SMARTS) is 1. The highest BCUT2D eigenvalue weighted by molar-refractivity contribution is 5.78. The van der Waals surface area contributed by atoms with Crippen LogP contribution in [0.4, 0.5) is 13.2 Å². The Kier molecular flexibility index (Phi) is 9.64. The zero-order valence-electron chi connectivity index (χ0n) is 20.8. The second kappa shape index (κ2) is 12.5. The van der Waals surface area contributed by atoms with Crippen molar-refractivity contribution in [3.8, 4) is 16.9 Å². The van der Waals surface area contributed by atoms with Gasteiger partial charge in [-0.1, -0.05) is 70.2 Å². The van der Waals surface area contributed by atoms with Crippen LogP contribution in [0.3, 0.4) is 0 Å². The number of hydrogen-bond donors (Lipinski definition) is 1. The molecular weight excluding hydrogens is 453 g/mol. The van der Waals surface area contributed by atoms with Crippen molar-refractivity contribution in [2.45, 2.75) is 89.6 Å². The second-order valence-electron chi connectivity index (χ2n) is 9.72. The summed E-state index contributed by atoms with van der Waals surface area (Å²) in [6.07, 6.45) is 6.67. The van der Waals surface area contributed by atoms with Crippen LogP contribution in [0, 0.1) is 17.6 Å². The number of halogens is 3. The first-order valence-corrected chi connectivity index (χ1v) is 12.9. The lowest BCUT2D eigenvalue weighted by atomic mass is 9.72. The highest BCUT2D eigenvalue weighted by Crippen LogP contribution is 2.43. The average Bonchev–Trinajstić information content (AvgIpc) is 2.88. The number of carbonyl (C=O) groups is 1. The molecule has 3 nitrogen and oxygen atoms in total. The maximum Gasteiger partial charge on any atom is 0.341 e. The number of benzene rings is 2. The molecule has 192 valence electrons. The molecule has 1 saturated carbocycles. The summed E-state index contributed by atoms with van der Waals surface area (Å²) in [6, 6.07) is 9.80. The minimum Gasteiger partial charge on any atom is -0.494 e. The van der Waals surface area contributed by atoms with Gasteiger partial charge < -0.3 is 9.84 Å². The van der Waals surface area contributed by atoms with Gasteiger partial charge in [0.25, 0.3) is 0 Å². The standard InChI is InChI=1S/C29H37F3O3/c1-3-5-9-18-35-23-14-12-21(13-15-23)25-17-16-24(26(30)27(25)31)20(4-2)19-29(32,28(33)34)22-10-7-6-8-11-22/h12-17,20,22H,3-11,18-19H2,1-2H3,(H,33,34)/t20?,29-/m0/s1. The van der Waals surface area contributed by atoms with Gasteiger partial charge in [-0.3, -0.25) is 0 Å². The third-order valence-corrected chi connectivity index (χ3v) is 7.38. The monoisotopic (exact) mass is 490 g/mol. The maximum atomic E-state index is 15.8. The number of aliphatic carboxylic acids is 1. The van der Waals surface area contributed by atoms with Crippen LogP contribution in [0.2, 0.25) is 0 Å². The van der Waals surface area contributed by atoms with Crippen molar-refractivity contribution in [3.63, 3.8) is 0 Å². The van der Waals surface area contributed by atoms with Gasteiger partial charge in [0.1, 0.15) is 5.75 Å². The summed E-state index contributed by atoms with van der Waals surface area (Å²) < 4.78 is 51.9. The molecule has 1 aliphatic carbocycles. The first-order chi connectivity index (χ1) is 16.8. The van der Waals surface area contributed by atoms with Gasteiger partial charge in [0.15, 0.2) is 11.6 Å². The SMILES string of the molecule is CCCCCOc1ccc(-c2ccc(C(CC)C[C@@](F)(C(=O)O)C3CCCCC3)c(F)c2F)cc1. The lowest BCUT2D eigenvalue weighted by Gasteiger charge is -2.35. The van der Waals surface area contributed by atoms with Gasteiger partial charge in [0.05, 0.1) is 6.61 Å². The predicted octanol–water partition coefficient (Wildman–Crippen LogP) is 8.46. The molecule has 0 bridgehead atoms. The number of rotatable bonds is 12. The smallest absolute Gasteiger partial charge is 0.341 e. The molecule has 0 aromatic heterocycles.